The molecule has 4 heterocycles. The molecule has 44 heavy (non-hydrogen) atoms. The second kappa shape index (κ2) is 12.0. The molecule has 5 aromatic rings. The molecular weight excluding hydrogens is 589 g/mol. The van der Waals surface area contributed by atoms with Crippen LogP contribution in [-0.2, 0) is 9.53 Å². The van der Waals surface area contributed by atoms with Gasteiger partial charge in [-0.3, -0.25) is 10.1 Å². The number of hydrogen-bond donors (Lipinski definition) is 1. The van der Waals surface area contributed by atoms with Crippen LogP contribution in [0.25, 0.3) is 31.8 Å². The number of carbonyl (C=O) groups is 2. The zero-order valence-corrected chi connectivity index (χ0v) is 25.1. The van der Waals surface area contributed by atoms with Crippen molar-refractivity contribution in [2.45, 2.75) is 39.4 Å². The maximum absolute atomic E-state index is 15.4. The lowest BCUT2D eigenvalue weighted by Gasteiger charge is -2.37. The molecule has 3 aromatic heterocycles. The number of amides is 2. The number of ether oxygens (including phenoxy) is 3. The van der Waals surface area contributed by atoms with Crippen LogP contribution < -0.4 is 14.8 Å². The number of aryl methyl sites for hydroxylation is 2. The van der Waals surface area contributed by atoms with Gasteiger partial charge in [-0.25, -0.2) is 34.1 Å². The number of methoxy groups -OCH3 is 1. The van der Waals surface area contributed by atoms with E-state index in [4.69, 9.17) is 14.2 Å². The van der Waals surface area contributed by atoms with Crippen molar-refractivity contribution in [3.63, 3.8) is 0 Å². The molecule has 0 aliphatic carbocycles. The van der Waals surface area contributed by atoms with Gasteiger partial charge in [-0.2, -0.15) is 0 Å². The van der Waals surface area contributed by atoms with Gasteiger partial charge in [0, 0.05) is 37.6 Å². The number of piperidine rings is 1. The summed E-state index contributed by atoms with van der Waals surface area (Å²) in [4.78, 5) is 48.3. The van der Waals surface area contributed by atoms with E-state index < -0.39 is 24.1 Å². The number of likely N-dealkylation sites (tertiary alicyclic amines) is 1. The lowest BCUT2D eigenvalue weighted by Crippen LogP contribution is -2.52. The van der Waals surface area contributed by atoms with Crippen molar-refractivity contribution in [3.8, 4) is 22.2 Å². The van der Waals surface area contributed by atoms with Crippen molar-refractivity contribution in [1.29, 1.82) is 0 Å². The number of thiazole rings is 1. The van der Waals surface area contributed by atoms with Crippen molar-refractivity contribution in [2.24, 2.45) is 0 Å². The van der Waals surface area contributed by atoms with Gasteiger partial charge in [0.15, 0.2) is 17.7 Å². The van der Waals surface area contributed by atoms with Crippen LogP contribution in [-0.4, -0.2) is 74.2 Å². The average molecular weight is 618 g/mol. The standard InChI is InChI=1S/C30H28FN7O5S/c1-15-7-19(28-22(8-15)36-27(41-4)13-34-28)29-37-21-9-20(31)24(10-26(21)44-29)42-25-14-38(17(3)39)6-5-23(25)43-30(40)35-18-11-32-16(2)33-12-18/h7-13,23,25H,5-6,14H2,1-4H3,(H,35,40)/t23-,25+/m0/s1. The SMILES string of the molecule is COc1cnc2c(-c3nc4cc(F)c(O[C@@H]5CN(C(C)=O)CC[C@@H]5OC(=O)Nc5cnc(C)nc5)cc4s3)cc(C)cc2n1. The van der Waals surface area contributed by atoms with Crippen LogP contribution in [0.3, 0.4) is 0 Å². The maximum Gasteiger partial charge on any atom is 0.412 e. The van der Waals surface area contributed by atoms with E-state index in [1.54, 1.807) is 24.1 Å². The van der Waals surface area contributed by atoms with Gasteiger partial charge in [-0.1, -0.05) is 0 Å². The molecule has 1 aliphatic rings. The van der Waals surface area contributed by atoms with Gasteiger partial charge < -0.3 is 19.1 Å². The first-order valence-electron chi connectivity index (χ1n) is 13.8. The number of hydrogen-bond acceptors (Lipinski definition) is 11. The zero-order chi connectivity index (χ0) is 31.0. The normalized spacial score (nSPS) is 16.6. The minimum absolute atomic E-state index is 0.0392. The quantitative estimate of drug-likeness (QED) is 0.274. The Morgan fingerprint density at radius 1 is 1.02 bits per heavy atom. The summed E-state index contributed by atoms with van der Waals surface area (Å²) in [6.45, 7) is 5.60. The molecule has 1 aliphatic heterocycles. The van der Waals surface area contributed by atoms with E-state index in [1.807, 2.05) is 19.1 Å². The average Bonchev–Trinajstić information content (AvgIpc) is 3.40. The number of fused-ring (bicyclic) bond motifs is 2. The number of aromatic nitrogens is 5. The zero-order valence-electron chi connectivity index (χ0n) is 24.3. The first kappa shape index (κ1) is 29.1. The first-order chi connectivity index (χ1) is 21.2. The van der Waals surface area contributed by atoms with Gasteiger partial charge in [0.05, 0.1) is 59.2 Å². The van der Waals surface area contributed by atoms with Gasteiger partial charge in [0.2, 0.25) is 11.8 Å². The second-order valence-corrected chi connectivity index (χ2v) is 11.4. The molecule has 0 radical (unpaired) electrons. The summed E-state index contributed by atoms with van der Waals surface area (Å²) in [5.41, 5.74) is 3.85. The second-order valence-electron chi connectivity index (χ2n) is 10.4. The molecule has 0 bridgehead atoms. The number of benzene rings is 2. The van der Waals surface area contributed by atoms with E-state index in [0.717, 1.165) is 11.1 Å². The highest BCUT2D eigenvalue weighted by Gasteiger charge is 2.35. The Hall–Kier alpha value is -4.98. The third-order valence-corrected chi connectivity index (χ3v) is 8.21. The summed E-state index contributed by atoms with van der Waals surface area (Å²) in [6, 6.07) is 6.76. The Morgan fingerprint density at radius 2 is 1.82 bits per heavy atom. The molecule has 14 heteroatoms. The largest absolute Gasteiger partial charge is 0.482 e. The lowest BCUT2D eigenvalue weighted by atomic mass is 10.0. The van der Waals surface area contributed by atoms with E-state index in [2.05, 4.69) is 30.2 Å². The molecular formula is C30H28FN7O5S. The summed E-state index contributed by atoms with van der Waals surface area (Å²) in [5, 5.41) is 3.23. The molecule has 0 saturated carbocycles. The Labute approximate surface area is 255 Å². The van der Waals surface area contributed by atoms with E-state index in [0.29, 0.717) is 56.6 Å². The number of rotatable bonds is 6. The van der Waals surface area contributed by atoms with Crippen LogP contribution in [0.15, 0.2) is 42.9 Å². The third kappa shape index (κ3) is 6.06. The molecule has 0 unspecified atom stereocenters. The number of halogens is 1. The molecule has 2 amide bonds. The fourth-order valence-corrected chi connectivity index (χ4v) is 5.97. The van der Waals surface area contributed by atoms with E-state index in [1.165, 1.54) is 43.8 Å². The fourth-order valence-electron chi connectivity index (χ4n) is 4.98. The highest BCUT2D eigenvalue weighted by Crippen LogP contribution is 2.37. The van der Waals surface area contributed by atoms with E-state index >= 15 is 4.39 Å². The van der Waals surface area contributed by atoms with Gasteiger partial charge >= 0.3 is 6.09 Å². The minimum Gasteiger partial charge on any atom is -0.482 e. The molecule has 1 N–H and O–H groups in total. The van der Waals surface area contributed by atoms with Crippen LogP contribution in [0, 0.1) is 19.7 Å². The molecule has 2 atom stereocenters. The Kier molecular flexibility index (Phi) is 7.91. The van der Waals surface area contributed by atoms with Crippen LogP contribution in [0.4, 0.5) is 14.9 Å². The van der Waals surface area contributed by atoms with Gasteiger partial charge in [0.25, 0.3) is 0 Å². The van der Waals surface area contributed by atoms with Crippen LogP contribution in [0.1, 0.15) is 24.7 Å². The summed E-state index contributed by atoms with van der Waals surface area (Å²) in [5.74, 6) is 0.128. The molecule has 2 aromatic carbocycles. The number of carbonyl (C=O) groups excluding carboxylic acids is 2. The van der Waals surface area contributed by atoms with Crippen LogP contribution >= 0.6 is 11.3 Å². The van der Waals surface area contributed by atoms with Crippen molar-refractivity contribution in [3.05, 3.63) is 60.1 Å². The van der Waals surface area contributed by atoms with E-state index in [9.17, 15) is 9.59 Å². The highest BCUT2D eigenvalue weighted by atomic mass is 32.1. The number of nitrogens with one attached hydrogen (secondary N) is 1. The topological polar surface area (TPSA) is 142 Å². The number of anilines is 1. The van der Waals surface area contributed by atoms with Crippen molar-refractivity contribution < 1.29 is 28.2 Å². The third-order valence-electron chi connectivity index (χ3n) is 7.16. The summed E-state index contributed by atoms with van der Waals surface area (Å²) >= 11 is 1.36. The predicted octanol–water partition coefficient (Wildman–Crippen LogP) is 5.08. The summed E-state index contributed by atoms with van der Waals surface area (Å²) < 4.78 is 33.1. The molecule has 226 valence electrons. The van der Waals surface area contributed by atoms with Gasteiger partial charge in [-0.15, -0.1) is 11.3 Å². The molecule has 1 saturated heterocycles. The Morgan fingerprint density at radius 3 is 2.57 bits per heavy atom. The van der Waals surface area contributed by atoms with Crippen molar-refractivity contribution in [2.75, 3.05) is 25.5 Å². The molecule has 12 nitrogen and oxygen atoms in total. The smallest absolute Gasteiger partial charge is 0.412 e. The fraction of sp³-hybridized carbons (Fsp3) is 0.300. The molecule has 1 fully saturated rings. The monoisotopic (exact) mass is 617 g/mol. The molecule has 6 rings (SSSR count). The maximum atomic E-state index is 15.4. The predicted molar refractivity (Wildman–Crippen MR) is 161 cm³/mol. The van der Waals surface area contributed by atoms with Crippen LogP contribution in [0.2, 0.25) is 0 Å². The van der Waals surface area contributed by atoms with Gasteiger partial charge in [0.1, 0.15) is 16.9 Å². The summed E-state index contributed by atoms with van der Waals surface area (Å²) in [6.07, 6.45) is 2.47. The summed E-state index contributed by atoms with van der Waals surface area (Å²) in [7, 11) is 1.53. The van der Waals surface area contributed by atoms with Crippen molar-refractivity contribution >= 4 is 50.3 Å². The Balaban J connectivity index is 1.27. The minimum atomic E-state index is -0.821. The van der Waals surface area contributed by atoms with E-state index in [-0.39, 0.29) is 18.2 Å². The first-order valence-corrected chi connectivity index (χ1v) is 14.6. The van der Waals surface area contributed by atoms with Gasteiger partial charge in [-0.05, 0) is 31.5 Å². The highest BCUT2D eigenvalue weighted by molar-refractivity contribution is 7.21. The molecule has 0 spiro atoms. The van der Waals surface area contributed by atoms with Crippen molar-refractivity contribution in [1.82, 2.24) is 29.8 Å². The number of nitrogens with zero attached hydrogens (tertiary/aromatic N) is 6. The van der Waals surface area contributed by atoms with Crippen LogP contribution in [0.5, 0.6) is 11.6 Å². The lowest BCUT2D eigenvalue weighted by molar-refractivity contribution is -0.134. The Bertz CT molecular complexity index is 1880.